The molecule has 0 radical (unpaired) electrons. The number of carboxylic acid groups (broad SMARTS) is 1. The Morgan fingerprint density at radius 2 is 2.38 bits per heavy atom. The number of aryl methyl sites for hydroxylation is 1. The van der Waals surface area contributed by atoms with Crippen LogP contribution in [0.1, 0.15) is 30.0 Å². The molecule has 1 aliphatic rings. The molecule has 1 aromatic rings. The normalized spacial score (nSPS) is 19.5. The van der Waals surface area contributed by atoms with E-state index in [0.29, 0.717) is 0 Å². The van der Waals surface area contributed by atoms with E-state index in [2.05, 4.69) is 4.98 Å². The Morgan fingerprint density at radius 1 is 1.69 bits per heavy atom. The second kappa shape index (κ2) is 2.80. The van der Waals surface area contributed by atoms with Crippen LogP contribution in [0.3, 0.4) is 0 Å². The van der Waals surface area contributed by atoms with Crippen molar-refractivity contribution >= 4 is 17.3 Å². The smallest absolute Gasteiger partial charge is 0.315 e. The van der Waals surface area contributed by atoms with Crippen LogP contribution in [-0.4, -0.2) is 16.1 Å². The molecule has 1 aliphatic carbocycles. The van der Waals surface area contributed by atoms with Gasteiger partial charge in [-0.05, 0) is 19.8 Å². The molecule has 4 heteroatoms. The molecule has 0 bridgehead atoms. The largest absolute Gasteiger partial charge is 0.481 e. The number of hydrogen-bond acceptors (Lipinski definition) is 3. The van der Waals surface area contributed by atoms with Gasteiger partial charge in [-0.3, -0.25) is 4.79 Å². The van der Waals surface area contributed by atoms with Crippen LogP contribution in [0.25, 0.3) is 0 Å². The Labute approximate surface area is 80.4 Å². The summed E-state index contributed by atoms with van der Waals surface area (Å²) in [5.74, 6) is -0.718. The number of carbonyl (C=O) groups is 1. The lowest BCUT2D eigenvalue weighted by molar-refractivity contribution is -0.147. The van der Waals surface area contributed by atoms with Crippen LogP contribution in [0.4, 0.5) is 0 Å². The Balaban J connectivity index is 2.37. The third-order valence-corrected chi connectivity index (χ3v) is 3.50. The molecule has 1 saturated carbocycles. The van der Waals surface area contributed by atoms with E-state index in [1.54, 1.807) is 0 Å². The molecule has 0 spiro atoms. The van der Waals surface area contributed by atoms with Crippen LogP contribution >= 0.6 is 11.3 Å². The number of rotatable bonds is 2. The van der Waals surface area contributed by atoms with Gasteiger partial charge in [0.15, 0.2) is 0 Å². The zero-order valence-electron chi connectivity index (χ0n) is 7.41. The van der Waals surface area contributed by atoms with E-state index in [4.69, 9.17) is 5.11 Å². The highest BCUT2D eigenvalue weighted by atomic mass is 32.1. The summed E-state index contributed by atoms with van der Waals surface area (Å²) < 4.78 is 0. The Hall–Kier alpha value is -0.900. The van der Waals surface area contributed by atoms with Gasteiger partial charge in [0.1, 0.15) is 5.41 Å². The van der Waals surface area contributed by atoms with Gasteiger partial charge in [-0.15, -0.1) is 11.3 Å². The third-order valence-electron chi connectivity index (χ3n) is 2.73. The molecular formula is C9H11NO2S. The zero-order chi connectivity index (χ0) is 9.47. The lowest BCUT2D eigenvalue weighted by Gasteiger charge is -2.35. The number of thiazole rings is 1. The minimum absolute atomic E-state index is 0.648. The average molecular weight is 197 g/mol. The number of nitrogens with zero attached hydrogens (tertiary/aromatic N) is 1. The van der Waals surface area contributed by atoms with Gasteiger partial charge in [-0.25, -0.2) is 4.98 Å². The summed E-state index contributed by atoms with van der Waals surface area (Å²) >= 11 is 1.52. The number of hydrogen-bond donors (Lipinski definition) is 1. The maximum Gasteiger partial charge on any atom is 0.315 e. The standard InChI is InChI=1S/C9H11NO2S/c1-6-10-7(5-13-6)9(8(11)12)3-2-4-9/h5H,2-4H2,1H3,(H,11,12). The molecule has 0 unspecified atom stereocenters. The summed E-state index contributed by atoms with van der Waals surface area (Å²) in [7, 11) is 0. The van der Waals surface area contributed by atoms with Gasteiger partial charge in [0, 0.05) is 5.38 Å². The third kappa shape index (κ3) is 1.16. The van der Waals surface area contributed by atoms with E-state index in [1.165, 1.54) is 11.3 Å². The first-order valence-corrected chi connectivity index (χ1v) is 5.19. The van der Waals surface area contributed by atoms with Crippen molar-refractivity contribution in [3.63, 3.8) is 0 Å². The Bertz CT molecular complexity index is 341. The van der Waals surface area contributed by atoms with Gasteiger partial charge in [0.25, 0.3) is 0 Å². The first-order chi connectivity index (χ1) is 6.15. The summed E-state index contributed by atoms with van der Waals surface area (Å²) in [6, 6.07) is 0. The molecule has 1 N–H and O–H groups in total. The Morgan fingerprint density at radius 3 is 2.69 bits per heavy atom. The van der Waals surface area contributed by atoms with Gasteiger partial charge in [-0.1, -0.05) is 6.42 Å². The first kappa shape index (κ1) is 8.69. The molecule has 1 fully saturated rings. The van der Waals surface area contributed by atoms with Crippen molar-refractivity contribution in [1.82, 2.24) is 4.98 Å². The molecule has 13 heavy (non-hydrogen) atoms. The van der Waals surface area contributed by atoms with Crippen molar-refractivity contribution in [2.45, 2.75) is 31.6 Å². The van der Waals surface area contributed by atoms with Crippen molar-refractivity contribution < 1.29 is 9.90 Å². The summed E-state index contributed by atoms with van der Waals surface area (Å²) in [5.41, 5.74) is 0.110. The topological polar surface area (TPSA) is 50.2 Å². The van der Waals surface area contributed by atoms with E-state index in [0.717, 1.165) is 30.0 Å². The van der Waals surface area contributed by atoms with Crippen molar-refractivity contribution in [3.05, 3.63) is 16.1 Å². The van der Waals surface area contributed by atoms with Gasteiger partial charge < -0.3 is 5.11 Å². The zero-order valence-corrected chi connectivity index (χ0v) is 8.23. The predicted octanol–water partition coefficient (Wildman–Crippen LogP) is 1.96. The number of aliphatic carboxylic acids is 1. The van der Waals surface area contributed by atoms with Gasteiger partial charge in [-0.2, -0.15) is 0 Å². The van der Waals surface area contributed by atoms with Gasteiger partial charge in [0.2, 0.25) is 0 Å². The second-order valence-corrected chi connectivity index (χ2v) is 4.55. The lowest BCUT2D eigenvalue weighted by atomic mass is 9.67. The van der Waals surface area contributed by atoms with E-state index in [9.17, 15) is 4.79 Å². The molecule has 1 heterocycles. The van der Waals surface area contributed by atoms with Crippen LogP contribution in [0.15, 0.2) is 5.38 Å². The van der Waals surface area contributed by atoms with Crippen molar-refractivity contribution in [2.75, 3.05) is 0 Å². The van der Waals surface area contributed by atoms with E-state index in [-0.39, 0.29) is 0 Å². The van der Waals surface area contributed by atoms with Gasteiger partial charge in [0.05, 0.1) is 10.7 Å². The molecule has 70 valence electrons. The average Bonchev–Trinajstić information content (AvgIpc) is 2.32. The molecule has 0 aromatic carbocycles. The quantitative estimate of drug-likeness (QED) is 0.788. The highest BCUT2D eigenvalue weighted by Gasteiger charge is 2.47. The lowest BCUT2D eigenvalue weighted by Crippen LogP contribution is -2.42. The van der Waals surface area contributed by atoms with Crippen LogP contribution in [-0.2, 0) is 10.2 Å². The van der Waals surface area contributed by atoms with Crippen molar-refractivity contribution in [3.8, 4) is 0 Å². The fraction of sp³-hybridized carbons (Fsp3) is 0.556. The van der Waals surface area contributed by atoms with Crippen LogP contribution in [0.2, 0.25) is 0 Å². The van der Waals surface area contributed by atoms with Crippen LogP contribution in [0.5, 0.6) is 0 Å². The van der Waals surface area contributed by atoms with Gasteiger partial charge >= 0.3 is 5.97 Å². The molecular weight excluding hydrogens is 186 g/mol. The molecule has 2 rings (SSSR count). The highest BCUT2D eigenvalue weighted by molar-refractivity contribution is 7.09. The van der Waals surface area contributed by atoms with E-state index in [1.807, 2.05) is 12.3 Å². The van der Waals surface area contributed by atoms with Crippen LogP contribution in [0, 0.1) is 6.92 Å². The van der Waals surface area contributed by atoms with Crippen LogP contribution < -0.4 is 0 Å². The monoisotopic (exact) mass is 197 g/mol. The minimum atomic E-state index is -0.718. The molecule has 3 nitrogen and oxygen atoms in total. The molecule has 0 saturated heterocycles. The SMILES string of the molecule is Cc1nc(C2(C(=O)O)CCC2)cs1. The summed E-state index contributed by atoms with van der Waals surface area (Å²) in [6.45, 7) is 1.91. The van der Waals surface area contributed by atoms with Crippen molar-refractivity contribution in [1.29, 1.82) is 0 Å². The fourth-order valence-corrected chi connectivity index (χ4v) is 2.40. The second-order valence-electron chi connectivity index (χ2n) is 3.49. The molecule has 1 aromatic heterocycles. The maximum atomic E-state index is 11.1. The molecule has 0 aliphatic heterocycles. The fourth-order valence-electron chi connectivity index (χ4n) is 1.69. The Kier molecular flexibility index (Phi) is 1.87. The maximum absolute atomic E-state index is 11.1. The molecule has 0 amide bonds. The minimum Gasteiger partial charge on any atom is -0.481 e. The summed E-state index contributed by atoms with van der Waals surface area (Å²) in [4.78, 5) is 15.3. The first-order valence-electron chi connectivity index (χ1n) is 4.31. The number of aromatic nitrogens is 1. The van der Waals surface area contributed by atoms with Crippen molar-refractivity contribution in [2.24, 2.45) is 0 Å². The number of carboxylic acids is 1. The predicted molar refractivity (Wildman–Crippen MR) is 50.0 cm³/mol. The van der Waals surface area contributed by atoms with E-state index >= 15 is 0 Å². The molecule has 0 atom stereocenters. The summed E-state index contributed by atoms with van der Waals surface area (Å²) in [5, 5.41) is 11.9. The highest BCUT2D eigenvalue weighted by Crippen LogP contribution is 2.43. The van der Waals surface area contributed by atoms with E-state index < -0.39 is 11.4 Å². The summed E-state index contributed by atoms with van der Waals surface area (Å²) in [6.07, 6.45) is 2.49.